The monoisotopic (exact) mass is 440 g/mol. The largest absolute Gasteiger partial charge is 0.358 e. The highest BCUT2D eigenvalue weighted by molar-refractivity contribution is 6.34. The number of halogens is 1. The molecule has 0 saturated heterocycles. The standard InChI is InChI=1S/C24H29FN4O3/c1-4-26-21(30)8-6-5-7-11-27-24(32)22-14(2)20(28-15(22)3)13-18-17-12-16(25)9-10-19(17)29-23(18)31/h9-10,12-13,28H,4-8,11H2,1-3H3,(H,26,30)(H,27,32)(H,29,31)/b18-13-. The molecule has 1 aromatic heterocycles. The molecule has 1 aliphatic rings. The number of hydrogen-bond donors (Lipinski definition) is 4. The zero-order valence-electron chi connectivity index (χ0n) is 18.7. The summed E-state index contributed by atoms with van der Waals surface area (Å²) >= 11 is 0. The van der Waals surface area contributed by atoms with Gasteiger partial charge in [0.05, 0.1) is 11.1 Å². The first-order chi connectivity index (χ1) is 15.3. The van der Waals surface area contributed by atoms with Crippen LogP contribution in [-0.2, 0) is 9.59 Å². The SMILES string of the molecule is CCNC(=O)CCCCCNC(=O)c1c(C)[nH]c(/C=C2\C(=O)Nc3ccc(F)cc32)c1C. The number of aryl methyl sites for hydroxylation is 1. The molecule has 2 heterocycles. The first-order valence-electron chi connectivity index (χ1n) is 10.9. The lowest BCUT2D eigenvalue weighted by Crippen LogP contribution is -2.25. The Morgan fingerprint density at radius 1 is 1.12 bits per heavy atom. The minimum atomic E-state index is -0.420. The number of hydrogen-bond acceptors (Lipinski definition) is 3. The van der Waals surface area contributed by atoms with Crippen LogP contribution in [0.15, 0.2) is 18.2 Å². The molecule has 1 aliphatic heterocycles. The van der Waals surface area contributed by atoms with E-state index in [2.05, 4.69) is 20.9 Å². The molecular weight excluding hydrogens is 411 g/mol. The number of unbranched alkanes of at least 4 members (excludes halogenated alkanes) is 2. The quantitative estimate of drug-likeness (QED) is 0.353. The zero-order valence-corrected chi connectivity index (χ0v) is 18.7. The van der Waals surface area contributed by atoms with Crippen molar-refractivity contribution in [3.8, 4) is 0 Å². The Hall–Kier alpha value is -3.42. The summed E-state index contributed by atoms with van der Waals surface area (Å²) in [7, 11) is 0. The third-order valence-electron chi connectivity index (χ3n) is 5.50. The van der Waals surface area contributed by atoms with Gasteiger partial charge in [-0.2, -0.15) is 0 Å². The number of H-pyrrole nitrogens is 1. The average Bonchev–Trinajstić information content (AvgIpc) is 3.20. The summed E-state index contributed by atoms with van der Waals surface area (Å²) in [6.45, 7) is 6.66. The van der Waals surface area contributed by atoms with Crippen LogP contribution in [0, 0.1) is 19.7 Å². The van der Waals surface area contributed by atoms with Crippen LogP contribution >= 0.6 is 0 Å². The molecule has 32 heavy (non-hydrogen) atoms. The highest BCUT2D eigenvalue weighted by Crippen LogP contribution is 2.34. The van der Waals surface area contributed by atoms with E-state index in [1.165, 1.54) is 18.2 Å². The maximum atomic E-state index is 13.7. The van der Waals surface area contributed by atoms with Gasteiger partial charge in [0, 0.05) is 42.1 Å². The van der Waals surface area contributed by atoms with Crippen LogP contribution in [0.3, 0.4) is 0 Å². The molecule has 1 aromatic carbocycles. The number of benzene rings is 1. The third kappa shape index (κ3) is 5.25. The first kappa shape index (κ1) is 23.2. The molecule has 7 nitrogen and oxygen atoms in total. The predicted molar refractivity (Wildman–Crippen MR) is 123 cm³/mol. The first-order valence-corrected chi connectivity index (χ1v) is 10.9. The predicted octanol–water partition coefficient (Wildman–Crippen LogP) is 3.69. The number of fused-ring (bicyclic) bond motifs is 1. The number of anilines is 1. The topological polar surface area (TPSA) is 103 Å². The zero-order chi connectivity index (χ0) is 23.3. The molecule has 0 unspecified atom stereocenters. The van der Waals surface area contributed by atoms with Gasteiger partial charge in [-0.25, -0.2) is 4.39 Å². The second-order valence-corrected chi connectivity index (χ2v) is 7.89. The van der Waals surface area contributed by atoms with Crippen molar-refractivity contribution < 1.29 is 18.8 Å². The smallest absolute Gasteiger partial charge is 0.256 e. The van der Waals surface area contributed by atoms with Crippen LogP contribution in [0.4, 0.5) is 10.1 Å². The summed E-state index contributed by atoms with van der Waals surface area (Å²) in [5.74, 6) is -0.863. The van der Waals surface area contributed by atoms with Crippen molar-refractivity contribution in [1.82, 2.24) is 15.6 Å². The highest BCUT2D eigenvalue weighted by Gasteiger charge is 2.26. The van der Waals surface area contributed by atoms with Crippen molar-refractivity contribution in [2.45, 2.75) is 46.5 Å². The van der Waals surface area contributed by atoms with E-state index in [9.17, 15) is 18.8 Å². The van der Waals surface area contributed by atoms with Gasteiger partial charge in [-0.15, -0.1) is 0 Å². The molecule has 0 atom stereocenters. The summed E-state index contributed by atoms with van der Waals surface area (Å²) in [4.78, 5) is 39.7. The maximum absolute atomic E-state index is 13.7. The number of rotatable bonds is 9. The maximum Gasteiger partial charge on any atom is 0.256 e. The van der Waals surface area contributed by atoms with Gasteiger partial charge in [0.25, 0.3) is 11.8 Å². The molecule has 0 saturated carbocycles. The van der Waals surface area contributed by atoms with Gasteiger partial charge in [0.15, 0.2) is 0 Å². The molecule has 3 rings (SSSR count). The normalized spacial score (nSPS) is 13.8. The number of carbonyl (C=O) groups is 3. The Kier molecular flexibility index (Phi) is 7.45. The molecular formula is C24H29FN4O3. The lowest BCUT2D eigenvalue weighted by molar-refractivity contribution is -0.121. The number of aromatic amines is 1. The van der Waals surface area contributed by atoms with E-state index in [0.29, 0.717) is 53.3 Å². The second kappa shape index (κ2) is 10.3. The van der Waals surface area contributed by atoms with Crippen LogP contribution in [0.2, 0.25) is 0 Å². The van der Waals surface area contributed by atoms with Gasteiger partial charge >= 0.3 is 0 Å². The Morgan fingerprint density at radius 3 is 2.66 bits per heavy atom. The number of aromatic nitrogens is 1. The molecule has 0 aliphatic carbocycles. The van der Waals surface area contributed by atoms with Crippen LogP contribution < -0.4 is 16.0 Å². The highest BCUT2D eigenvalue weighted by atomic mass is 19.1. The molecule has 170 valence electrons. The molecule has 0 fully saturated rings. The third-order valence-corrected chi connectivity index (χ3v) is 5.50. The van der Waals surface area contributed by atoms with Crippen molar-refractivity contribution >= 4 is 35.1 Å². The number of nitrogens with one attached hydrogen (secondary N) is 4. The van der Waals surface area contributed by atoms with Crippen molar-refractivity contribution in [2.75, 3.05) is 18.4 Å². The van der Waals surface area contributed by atoms with Gasteiger partial charge in [-0.1, -0.05) is 6.42 Å². The van der Waals surface area contributed by atoms with Crippen molar-refractivity contribution in [3.63, 3.8) is 0 Å². The van der Waals surface area contributed by atoms with E-state index in [0.717, 1.165) is 24.8 Å². The fourth-order valence-corrected chi connectivity index (χ4v) is 3.87. The van der Waals surface area contributed by atoms with E-state index in [1.54, 1.807) is 13.0 Å². The van der Waals surface area contributed by atoms with Gasteiger partial charge in [-0.05, 0) is 63.5 Å². The lowest BCUT2D eigenvalue weighted by atomic mass is 10.0. The summed E-state index contributed by atoms with van der Waals surface area (Å²) < 4.78 is 13.7. The van der Waals surface area contributed by atoms with Crippen LogP contribution in [0.5, 0.6) is 0 Å². The minimum absolute atomic E-state index is 0.0538. The number of carbonyl (C=O) groups excluding carboxylic acids is 3. The summed E-state index contributed by atoms with van der Waals surface area (Å²) in [5.41, 5.74) is 4.01. The van der Waals surface area contributed by atoms with Crippen molar-refractivity contribution in [3.05, 3.63) is 52.1 Å². The van der Waals surface area contributed by atoms with Crippen molar-refractivity contribution in [2.24, 2.45) is 0 Å². The van der Waals surface area contributed by atoms with Crippen LogP contribution in [0.1, 0.15) is 65.5 Å². The summed E-state index contributed by atoms with van der Waals surface area (Å²) in [5, 5.41) is 8.42. The van der Waals surface area contributed by atoms with Crippen LogP contribution in [-0.4, -0.2) is 35.8 Å². The van der Waals surface area contributed by atoms with Gasteiger partial charge in [0.2, 0.25) is 5.91 Å². The molecule has 8 heteroatoms. The van der Waals surface area contributed by atoms with E-state index in [4.69, 9.17) is 0 Å². The van der Waals surface area contributed by atoms with E-state index in [1.807, 2.05) is 13.8 Å². The number of amides is 3. The van der Waals surface area contributed by atoms with E-state index >= 15 is 0 Å². The van der Waals surface area contributed by atoms with Gasteiger partial charge in [-0.3, -0.25) is 14.4 Å². The lowest BCUT2D eigenvalue weighted by Gasteiger charge is -2.06. The van der Waals surface area contributed by atoms with Crippen LogP contribution in [0.25, 0.3) is 11.6 Å². The van der Waals surface area contributed by atoms with Gasteiger partial charge < -0.3 is 20.9 Å². The molecule has 0 bridgehead atoms. The molecule has 3 amide bonds. The van der Waals surface area contributed by atoms with Crippen molar-refractivity contribution in [1.29, 1.82) is 0 Å². The average molecular weight is 441 g/mol. The van der Waals surface area contributed by atoms with E-state index < -0.39 is 5.82 Å². The molecule has 0 spiro atoms. The molecule has 2 aromatic rings. The fourth-order valence-electron chi connectivity index (χ4n) is 3.87. The fraction of sp³-hybridized carbons (Fsp3) is 0.375. The Bertz CT molecular complexity index is 1070. The Labute approximate surface area is 186 Å². The Balaban J connectivity index is 1.64. The van der Waals surface area contributed by atoms with E-state index in [-0.39, 0.29) is 17.7 Å². The van der Waals surface area contributed by atoms with Gasteiger partial charge in [0.1, 0.15) is 5.82 Å². The molecule has 0 radical (unpaired) electrons. The summed E-state index contributed by atoms with van der Waals surface area (Å²) in [6, 6.07) is 4.16. The summed E-state index contributed by atoms with van der Waals surface area (Å²) in [6.07, 6.45) is 4.57. The Morgan fingerprint density at radius 2 is 1.91 bits per heavy atom. The second-order valence-electron chi connectivity index (χ2n) is 7.89. The molecule has 4 N–H and O–H groups in total. The minimum Gasteiger partial charge on any atom is -0.358 e.